The van der Waals surface area contributed by atoms with Crippen LogP contribution in [-0.2, 0) is 6.54 Å². The normalized spacial score (nSPS) is 34.9. The molecule has 2 heterocycles. The molecule has 1 saturated carbocycles. The van der Waals surface area contributed by atoms with Crippen LogP contribution in [0.2, 0.25) is 0 Å². The Balaban J connectivity index is 1.68. The predicted octanol–water partition coefficient (Wildman–Crippen LogP) is 2.43. The molecule has 19 heavy (non-hydrogen) atoms. The smallest absolute Gasteiger partial charge is 0.380 e. The van der Waals surface area contributed by atoms with E-state index in [2.05, 4.69) is 0 Å². The Hall–Kier alpha value is -1.07. The zero-order valence-corrected chi connectivity index (χ0v) is 10.4. The van der Waals surface area contributed by atoms with Crippen molar-refractivity contribution in [3.8, 4) is 0 Å². The summed E-state index contributed by atoms with van der Waals surface area (Å²) in [6, 6.07) is 9.70. The van der Waals surface area contributed by atoms with Crippen LogP contribution in [0, 0.1) is 11.8 Å². The molecule has 1 aliphatic carbocycles. The van der Waals surface area contributed by atoms with Gasteiger partial charge in [0, 0.05) is 31.5 Å². The molecule has 2 saturated heterocycles. The molecule has 3 fully saturated rings. The second-order valence-electron chi connectivity index (χ2n) is 5.63. The second-order valence-corrected chi connectivity index (χ2v) is 5.63. The van der Waals surface area contributed by atoms with E-state index in [1.165, 1.54) is 0 Å². The SMILES string of the molecule is OC1(C(F)(F)F)C2CC1CN(Cc1ccccc1)C2. The Morgan fingerprint density at radius 2 is 1.74 bits per heavy atom. The van der Waals surface area contributed by atoms with Gasteiger partial charge in [0.05, 0.1) is 0 Å². The first kappa shape index (κ1) is 12.9. The number of hydrogen-bond donors (Lipinski definition) is 1. The summed E-state index contributed by atoms with van der Waals surface area (Å²) in [5.74, 6) is -1.34. The highest BCUT2D eigenvalue weighted by Crippen LogP contribution is 2.56. The Bertz CT molecular complexity index is 448. The summed E-state index contributed by atoms with van der Waals surface area (Å²) in [4.78, 5) is 2.01. The fraction of sp³-hybridized carbons (Fsp3) is 0.571. The summed E-state index contributed by atoms with van der Waals surface area (Å²) in [6.07, 6.45) is -4.01. The van der Waals surface area contributed by atoms with Crippen molar-refractivity contribution in [3.05, 3.63) is 35.9 Å². The summed E-state index contributed by atoms with van der Waals surface area (Å²) in [5.41, 5.74) is -1.35. The van der Waals surface area contributed by atoms with Crippen LogP contribution in [-0.4, -0.2) is 34.9 Å². The molecule has 2 aliphatic heterocycles. The number of piperidine rings is 2. The van der Waals surface area contributed by atoms with Crippen molar-refractivity contribution in [2.45, 2.75) is 24.7 Å². The van der Waals surface area contributed by atoms with Gasteiger partial charge in [-0.1, -0.05) is 30.3 Å². The van der Waals surface area contributed by atoms with Crippen LogP contribution in [0.15, 0.2) is 30.3 Å². The molecular formula is C14H16F3NO. The number of fused-ring (bicyclic) bond motifs is 2. The van der Waals surface area contributed by atoms with Crippen molar-refractivity contribution in [2.75, 3.05) is 13.1 Å². The van der Waals surface area contributed by atoms with Crippen LogP contribution in [0.4, 0.5) is 13.2 Å². The molecule has 1 aromatic carbocycles. The maximum atomic E-state index is 12.9. The van der Waals surface area contributed by atoms with Gasteiger partial charge in [0.2, 0.25) is 0 Å². The predicted molar refractivity (Wildman–Crippen MR) is 64.3 cm³/mol. The van der Waals surface area contributed by atoms with Gasteiger partial charge in [-0.2, -0.15) is 13.2 Å². The van der Waals surface area contributed by atoms with E-state index in [1.807, 2.05) is 35.2 Å². The molecule has 2 atom stereocenters. The van der Waals surface area contributed by atoms with Crippen LogP contribution >= 0.6 is 0 Å². The van der Waals surface area contributed by atoms with Crippen LogP contribution in [0.5, 0.6) is 0 Å². The van der Waals surface area contributed by atoms with Gasteiger partial charge in [-0.3, -0.25) is 4.90 Å². The van der Waals surface area contributed by atoms with Crippen LogP contribution in [0.1, 0.15) is 12.0 Å². The van der Waals surface area contributed by atoms with E-state index < -0.39 is 23.6 Å². The lowest BCUT2D eigenvalue weighted by Crippen LogP contribution is -2.72. The first-order chi connectivity index (χ1) is 8.91. The molecular weight excluding hydrogens is 255 g/mol. The third-order valence-electron chi connectivity index (χ3n) is 4.47. The molecule has 4 rings (SSSR count). The topological polar surface area (TPSA) is 23.5 Å². The molecule has 2 bridgehead atoms. The van der Waals surface area contributed by atoms with Crippen molar-refractivity contribution in [1.82, 2.24) is 4.90 Å². The minimum absolute atomic E-state index is 0.321. The van der Waals surface area contributed by atoms with E-state index in [1.54, 1.807) is 0 Å². The molecule has 0 radical (unpaired) electrons. The van der Waals surface area contributed by atoms with Gasteiger partial charge in [-0.15, -0.1) is 0 Å². The summed E-state index contributed by atoms with van der Waals surface area (Å²) < 4.78 is 38.7. The lowest BCUT2D eigenvalue weighted by atomic mass is 9.57. The zero-order valence-electron chi connectivity index (χ0n) is 10.4. The Morgan fingerprint density at radius 3 is 2.26 bits per heavy atom. The van der Waals surface area contributed by atoms with E-state index in [0.29, 0.717) is 26.1 Å². The monoisotopic (exact) mass is 271 g/mol. The number of nitrogens with zero attached hydrogens (tertiary/aromatic N) is 1. The van der Waals surface area contributed by atoms with Crippen molar-refractivity contribution in [3.63, 3.8) is 0 Å². The largest absolute Gasteiger partial charge is 0.417 e. The van der Waals surface area contributed by atoms with Gasteiger partial charge < -0.3 is 5.11 Å². The third-order valence-corrected chi connectivity index (χ3v) is 4.47. The van der Waals surface area contributed by atoms with Gasteiger partial charge in [0.25, 0.3) is 0 Å². The molecule has 2 unspecified atom stereocenters. The highest BCUT2D eigenvalue weighted by atomic mass is 19.4. The van der Waals surface area contributed by atoms with Crippen LogP contribution in [0.25, 0.3) is 0 Å². The maximum Gasteiger partial charge on any atom is 0.417 e. The number of aliphatic hydroxyl groups is 1. The van der Waals surface area contributed by atoms with Gasteiger partial charge in [-0.25, -0.2) is 0 Å². The Morgan fingerprint density at radius 1 is 1.16 bits per heavy atom. The van der Waals surface area contributed by atoms with Crippen LogP contribution < -0.4 is 0 Å². The molecule has 1 aromatic rings. The van der Waals surface area contributed by atoms with E-state index in [9.17, 15) is 18.3 Å². The number of halogens is 3. The molecule has 0 amide bonds. The first-order valence-corrected chi connectivity index (χ1v) is 6.46. The average molecular weight is 271 g/mol. The number of alkyl halides is 3. The quantitative estimate of drug-likeness (QED) is 0.893. The Kier molecular flexibility index (Phi) is 2.87. The van der Waals surface area contributed by atoms with Crippen LogP contribution in [0.3, 0.4) is 0 Å². The fourth-order valence-electron chi connectivity index (χ4n) is 3.43. The summed E-state index contributed by atoms with van der Waals surface area (Å²) in [6.45, 7) is 1.30. The molecule has 0 aromatic heterocycles. The highest BCUT2D eigenvalue weighted by Gasteiger charge is 2.71. The zero-order chi connectivity index (χ0) is 13.7. The van der Waals surface area contributed by atoms with E-state index in [4.69, 9.17) is 0 Å². The maximum absolute atomic E-state index is 12.9. The van der Waals surface area contributed by atoms with Gasteiger partial charge >= 0.3 is 6.18 Å². The van der Waals surface area contributed by atoms with Crippen molar-refractivity contribution < 1.29 is 18.3 Å². The van der Waals surface area contributed by atoms with Gasteiger partial charge in [-0.05, 0) is 12.0 Å². The lowest BCUT2D eigenvalue weighted by Gasteiger charge is -2.59. The summed E-state index contributed by atoms with van der Waals surface area (Å²) in [7, 11) is 0. The van der Waals surface area contributed by atoms with Gasteiger partial charge in [0.15, 0.2) is 5.60 Å². The van der Waals surface area contributed by atoms with Crippen molar-refractivity contribution in [2.24, 2.45) is 11.8 Å². The van der Waals surface area contributed by atoms with E-state index in [0.717, 1.165) is 5.56 Å². The van der Waals surface area contributed by atoms with E-state index in [-0.39, 0.29) is 0 Å². The first-order valence-electron chi connectivity index (χ1n) is 6.46. The molecule has 5 heteroatoms. The lowest BCUT2D eigenvalue weighted by molar-refractivity contribution is -0.351. The average Bonchev–Trinajstić information content (AvgIpc) is 2.38. The molecule has 0 spiro atoms. The molecule has 3 aliphatic rings. The van der Waals surface area contributed by atoms with Gasteiger partial charge in [0.1, 0.15) is 0 Å². The minimum Gasteiger partial charge on any atom is -0.380 e. The van der Waals surface area contributed by atoms with E-state index >= 15 is 0 Å². The van der Waals surface area contributed by atoms with Crippen molar-refractivity contribution in [1.29, 1.82) is 0 Å². The number of hydrogen-bond acceptors (Lipinski definition) is 2. The standard InChI is InChI=1S/C14H16F3NO/c15-14(16,17)13(19)11-6-12(13)9-18(8-11)7-10-4-2-1-3-5-10/h1-5,11-12,19H,6-9H2. The molecule has 104 valence electrons. The summed E-state index contributed by atoms with van der Waals surface area (Å²) in [5, 5.41) is 9.86. The Labute approximate surface area is 109 Å². The fourth-order valence-corrected chi connectivity index (χ4v) is 3.43. The third kappa shape index (κ3) is 1.96. The highest BCUT2D eigenvalue weighted by molar-refractivity contribution is 5.17. The molecule has 2 nitrogen and oxygen atoms in total. The number of rotatable bonds is 2. The van der Waals surface area contributed by atoms with Crippen molar-refractivity contribution >= 4 is 0 Å². The number of benzene rings is 1. The second kappa shape index (κ2) is 4.21. The molecule has 1 N–H and O–H groups in total. The minimum atomic E-state index is -4.50. The summed E-state index contributed by atoms with van der Waals surface area (Å²) >= 11 is 0.